The standard InChI is InChI=1S/C14H20N2O2/c1-18-9-5-4-8-15-14(17)13-10-11-6-2-3-7-12(11)16-13/h2-3,6-7,13,16H,4-5,8-10H2,1H3,(H,15,17)/t13-/m0/s1. The summed E-state index contributed by atoms with van der Waals surface area (Å²) in [5.41, 5.74) is 2.30. The highest BCUT2D eigenvalue weighted by Gasteiger charge is 2.25. The smallest absolute Gasteiger partial charge is 0.242 e. The first-order valence-corrected chi connectivity index (χ1v) is 6.42. The number of para-hydroxylation sites is 1. The van der Waals surface area contributed by atoms with E-state index >= 15 is 0 Å². The van der Waals surface area contributed by atoms with Gasteiger partial charge in [-0.2, -0.15) is 0 Å². The van der Waals surface area contributed by atoms with Crippen molar-refractivity contribution in [2.45, 2.75) is 25.3 Å². The molecule has 0 aliphatic carbocycles. The van der Waals surface area contributed by atoms with Crippen LogP contribution in [0.1, 0.15) is 18.4 Å². The summed E-state index contributed by atoms with van der Waals surface area (Å²) in [5, 5.41) is 6.21. The van der Waals surface area contributed by atoms with Gasteiger partial charge in [0.25, 0.3) is 0 Å². The van der Waals surface area contributed by atoms with Crippen LogP contribution in [0.25, 0.3) is 0 Å². The molecular formula is C14H20N2O2. The molecule has 2 N–H and O–H groups in total. The number of amides is 1. The molecule has 0 spiro atoms. The monoisotopic (exact) mass is 248 g/mol. The Kier molecular flexibility index (Phi) is 4.59. The Hall–Kier alpha value is -1.55. The molecule has 0 unspecified atom stereocenters. The average Bonchev–Trinajstić information content (AvgIpc) is 2.82. The maximum absolute atomic E-state index is 11.9. The second-order valence-electron chi connectivity index (χ2n) is 4.55. The van der Waals surface area contributed by atoms with Gasteiger partial charge in [0.1, 0.15) is 6.04 Å². The quantitative estimate of drug-likeness (QED) is 0.751. The molecule has 4 heteroatoms. The van der Waals surface area contributed by atoms with Crippen LogP contribution in [0.4, 0.5) is 5.69 Å². The molecule has 0 bridgehead atoms. The zero-order valence-electron chi connectivity index (χ0n) is 10.7. The number of ether oxygens (including phenoxy) is 1. The summed E-state index contributed by atoms with van der Waals surface area (Å²) in [6, 6.07) is 7.95. The van der Waals surface area contributed by atoms with E-state index in [-0.39, 0.29) is 11.9 Å². The first-order valence-electron chi connectivity index (χ1n) is 6.42. The van der Waals surface area contributed by atoms with Gasteiger partial charge in [0.2, 0.25) is 5.91 Å². The van der Waals surface area contributed by atoms with Gasteiger partial charge in [-0.25, -0.2) is 0 Å². The number of carbonyl (C=O) groups excluding carboxylic acids is 1. The molecule has 1 aliphatic rings. The molecule has 0 saturated carbocycles. The average molecular weight is 248 g/mol. The highest BCUT2D eigenvalue weighted by molar-refractivity contribution is 5.87. The minimum Gasteiger partial charge on any atom is -0.385 e. The Morgan fingerprint density at radius 3 is 3.06 bits per heavy atom. The topological polar surface area (TPSA) is 50.4 Å². The molecule has 98 valence electrons. The SMILES string of the molecule is COCCCCNC(=O)[C@@H]1Cc2ccccc2N1. The molecule has 1 atom stereocenters. The molecule has 1 aromatic carbocycles. The number of hydrogen-bond acceptors (Lipinski definition) is 3. The third-order valence-corrected chi connectivity index (χ3v) is 3.16. The van der Waals surface area contributed by atoms with Crippen molar-refractivity contribution in [1.82, 2.24) is 5.32 Å². The van der Waals surface area contributed by atoms with Gasteiger partial charge >= 0.3 is 0 Å². The van der Waals surface area contributed by atoms with E-state index in [2.05, 4.69) is 16.7 Å². The zero-order chi connectivity index (χ0) is 12.8. The normalized spacial score (nSPS) is 17.1. The van der Waals surface area contributed by atoms with Gasteiger partial charge in [-0.05, 0) is 24.5 Å². The lowest BCUT2D eigenvalue weighted by Gasteiger charge is -2.11. The van der Waals surface area contributed by atoms with Crippen LogP contribution >= 0.6 is 0 Å². The van der Waals surface area contributed by atoms with Gasteiger partial charge in [-0.3, -0.25) is 4.79 Å². The van der Waals surface area contributed by atoms with Crippen molar-refractivity contribution in [3.05, 3.63) is 29.8 Å². The predicted octanol–water partition coefficient (Wildman–Crippen LogP) is 1.57. The van der Waals surface area contributed by atoms with Crippen LogP contribution in [0.5, 0.6) is 0 Å². The lowest BCUT2D eigenvalue weighted by atomic mass is 10.1. The Balaban J connectivity index is 1.72. The molecule has 1 amide bonds. The number of rotatable bonds is 6. The van der Waals surface area contributed by atoms with Crippen LogP contribution in [0.3, 0.4) is 0 Å². The predicted molar refractivity (Wildman–Crippen MR) is 71.7 cm³/mol. The second-order valence-corrected chi connectivity index (χ2v) is 4.55. The summed E-state index contributed by atoms with van der Waals surface area (Å²) in [7, 11) is 1.69. The molecule has 0 aromatic heterocycles. The number of fused-ring (bicyclic) bond motifs is 1. The first kappa shape index (κ1) is 12.9. The van der Waals surface area contributed by atoms with E-state index in [4.69, 9.17) is 4.74 Å². The Bertz CT molecular complexity index is 382. The summed E-state index contributed by atoms with van der Waals surface area (Å²) in [5.74, 6) is 0.0867. The lowest BCUT2D eigenvalue weighted by Crippen LogP contribution is -2.38. The van der Waals surface area contributed by atoms with Crippen molar-refractivity contribution < 1.29 is 9.53 Å². The van der Waals surface area contributed by atoms with Crippen molar-refractivity contribution in [2.75, 3.05) is 25.6 Å². The number of unbranched alkanes of at least 4 members (excludes halogenated alkanes) is 1. The fourth-order valence-electron chi connectivity index (χ4n) is 2.16. The van der Waals surface area contributed by atoms with Gasteiger partial charge < -0.3 is 15.4 Å². The van der Waals surface area contributed by atoms with E-state index in [1.165, 1.54) is 5.56 Å². The van der Waals surface area contributed by atoms with E-state index in [1.54, 1.807) is 7.11 Å². The molecular weight excluding hydrogens is 228 g/mol. The third-order valence-electron chi connectivity index (χ3n) is 3.16. The van der Waals surface area contributed by atoms with Gasteiger partial charge in [-0.15, -0.1) is 0 Å². The summed E-state index contributed by atoms with van der Waals surface area (Å²) < 4.78 is 4.97. The van der Waals surface area contributed by atoms with Crippen molar-refractivity contribution in [3.63, 3.8) is 0 Å². The van der Waals surface area contributed by atoms with Gasteiger partial charge in [-0.1, -0.05) is 18.2 Å². The van der Waals surface area contributed by atoms with E-state index in [0.29, 0.717) is 0 Å². The van der Waals surface area contributed by atoms with E-state index < -0.39 is 0 Å². The van der Waals surface area contributed by atoms with E-state index in [9.17, 15) is 4.79 Å². The highest BCUT2D eigenvalue weighted by Crippen LogP contribution is 2.24. The minimum absolute atomic E-state index is 0.0867. The van der Waals surface area contributed by atoms with Crippen LogP contribution < -0.4 is 10.6 Å². The van der Waals surface area contributed by atoms with Crippen LogP contribution in [0, 0.1) is 0 Å². The van der Waals surface area contributed by atoms with Crippen molar-refractivity contribution in [3.8, 4) is 0 Å². The van der Waals surface area contributed by atoms with Crippen LogP contribution in [-0.2, 0) is 16.0 Å². The van der Waals surface area contributed by atoms with Crippen molar-refractivity contribution in [2.24, 2.45) is 0 Å². The number of methoxy groups -OCH3 is 1. The summed E-state index contributed by atoms with van der Waals surface area (Å²) in [4.78, 5) is 11.9. The number of benzene rings is 1. The highest BCUT2D eigenvalue weighted by atomic mass is 16.5. The maximum Gasteiger partial charge on any atom is 0.242 e. The molecule has 0 radical (unpaired) electrons. The molecule has 1 aromatic rings. The summed E-state index contributed by atoms with van der Waals surface area (Å²) >= 11 is 0. The fourth-order valence-corrected chi connectivity index (χ4v) is 2.16. The van der Waals surface area contributed by atoms with Gasteiger partial charge in [0.15, 0.2) is 0 Å². The minimum atomic E-state index is -0.121. The molecule has 0 fully saturated rings. The van der Waals surface area contributed by atoms with Gasteiger partial charge in [0, 0.05) is 32.4 Å². The first-order chi connectivity index (χ1) is 8.81. The molecule has 2 rings (SSSR count). The van der Waals surface area contributed by atoms with Gasteiger partial charge in [0.05, 0.1) is 0 Å². The molecule has 4 nitrogen and oxygen atoms in total. The maximum atomic E-state index is 11.9. The molecule has 18 heavy (non-hydrogen) atoms. The number of carbonyl (C=O) groups is 1. The number of nitrogens with one attached hydrogen (secondary N) is 2. The van der Waals surface area contributed by atoms with Crippen molar-refractivity contribution >= 4 is 11.6 Å². The second kappa shape index (κ2) is 6.40. The summed E-state index contributed by atoms with van der Waals surface area (Å²) in [6.45, 7) is 1.47. The van der Waals surface area contributed by atoms with E-state index in [0.717, 1.165) is 38.1 Å². The van der Waals surface area contributed by atoms with Crippen LogP contribution in [-0.4, -0.2) is 32.2 Å². The van der Waals surface area contributed by atoms with Crippen LogP contribution in [0.15, 0.2) is 24.3 Å². The zero-order valence-corrected chi connectivity index (χ0v) is 10.7. The Labute approximate surface area is 108 Å². The lowest BCUT2D eigenvalue weighted by molar-refractivity contribution is -0.121. The number of hydrogen-bond donors (Lipinski definition) is 2. The third kappa shape index (κ3) is 3.23. The van der Waals surface area contributed by atoms with Crippen molar-refractivity contribution in [1.29, 1.82) is 0 Å². The van der Waals surface area contributed by atoms with E-state index in [1.807, 2.05) is 18.2 Å². The molecule has 1 aliphatic heterocycles. The Morgan fingerprint density at radius 1 is 1.44 bits per heavy atom. The summed E-state index contributed by atoms with van der Waals surface area (Å²) in [6.07, 6.45) is 2.72. The fraction of sp³-hybridized carbons (Fsp3) is 0.500. The largest absolute Gasteiger partial charge is 0.385 e. The van der Waals surface area contributed by atoms with Crippen LogP contribution in [0.2, 0.25) is 0 Å². The number of anilines is 1. The Morgan fingerprint density at radius 2 is 2.28 bits per heavy atom. The molecule has 0 saturated heterocycles. The molecule has 1 heterocycles.